The number of fused-ring (bicyclic) bond motifs is 1. The van der Waals surface area contributed by atoms with Crippen LogP contribution in [0, 0.1) is 0 Å². The minimum atomic E-state index is -0.908. The second kappa shape index (κ2) is 9.94. The maximum Gasteiger partial charge on any atom is 0.407 e. The van der Waals surface area contributed by atoms with Crippen LogP contribution >= 0.6 is 11.6 Å². The molecular formula is C25H24ClN7O4. The maximum absolute atomic E-state index is 13.1. The molecule has 0 aliphatic carbocycles. The predicted octanol–water partition coefficient (Wildman–Crippen LogP) is 3.60. The highest BCUT2D eigenvalue weighted by Crippen LogP contribution is 2.33. The molecule has 1 saturated heterocycles. The number of rotatable bonds is 5. The summed E-state index contributed by atoms with van der Waals surface area (Å²) < 4.78 is 7.13. The number of aryl methyl sites for hydroxylation is 1. The highest BCUT2D eigenvalue weighted by atomic mass is 35.5. The van der Waals surface area contributed by atoms with E-state index in [0.29, 0.717) is 65.2 Å². The molecule has 4 aromatic rings. The first kappa shape index (κ1) is 24.3. The lowest BCUT2D eigenvalue weighted by Crippen LogP contribution is -2.48. The number of ether oxygens (including phenoxy) is 1. The topological polar surface area (TPSA) is 126 Å². The largest absolute Gasteiger partial charge is 0.495 e. The zero-order valence-corrected chi connectivity index (χ0v) is 20.9. The van der Waals surface area contributed by atoms with Gasteiger partial charge >= 0.3 is 6.09 Å². The monoisotopic (exact) mass is 521 g/mol. The van der Waals surface area contributed by atoms with Gasteiger partial charge < -0.3 is 25.0 Å². The number of carbonyl (C=O) groups is 1. The summed E-state index contributed by atoms with van der Waals surface area (Å²) >= 11 is 6.29. The zero-order chi connectivity index (χ0) is 26.1. The van der Waals surface area contributed by atoms with Gasteiger partial charge in [-0.15, -0.1) is 0 Å². The van der Waals surface area contributed by atoms with Crippen LogP contribution in [0.2, 0.25) is 5.02 Å². The van der Waals surface area contributed by atoms with E-state index in [1.54, 1.807) is 38.4 Å². The molecule has 0 bridgehead atoms. The van der Waals surface area contributed by atoms with Crippen molar-refractivity contribution in [1.29, 1.82) is 0 Å². The van der Waals surface area contributed by atoms with E-state index >= 15 is 0 Å². The number of benzene rings is 2. The summed E-state index contributed by atoms with van der Waals surface area (Å²) in [5.74, 6) is 0.924. The van der Waals surface area contributed by atoms with Gasteiger partial charge in [0, 0.05) is 56.7 Å². The molecule has 12 heteroatoms. The summed E-state index contributed by atoms with van der Waals surface area (Å²) in [6, 6.07) is 12.6. The van der Waals surface area contributed by atoms with Crippen molar-refractivity contribution in [2.75, 3.05) is 43.5 Å². The molecule has 3 heterocycles. The van der Waals surface area contributed by atoms with Crippen LogP contribution in [0.4, 0.5) is 22.1 Å². The summed E-state index contributed by atoms with van der Waals surface area (Å²) in [5, 5.41) is 17.5. The second-order valence-corrected chi connectivity index (χ2v) is 8.89. The highest BCUT2D eigenvalue weighted by Gasteiger charge is 2.23. The standard InChI is InChI=1S/C25H24ClN7O4/c1-31-23-17(22(34)21(30-31)16-5-3-4-6-18(16)26)14-27-24(29-23)28-15-7-8-19(20(13-15)37-2)32-9-11-33(12-10-32)25(35)36/h3-8,13-14H,9-12H2,1-2H3,(H,35,36)(H,27,28,29). The zero-order valence-electron chi connectivity index (χ0n) is 20.2. The molecule has 0 atom stereocenters. The van der Waals surface area contributed by atoms with Crippen LogP contribution < -0.4 is 20.4 Å². The lowest BCUT2D eigenvalue weighted by molar-refractivity contribution is 0.142. The maximum atomic E-state index is 13.1. The molecule has 1 aliphatic heterocycles. The van der Waals surface area contributed by atoms with Gasteiger partial charge in [-0.25, -0.2) is 14.5 Å². The molecule has 2 N–H and O–H groups in total. The number of methoxy groups -OCH3 is 1. The van der Waals surface area contributed by atoms with E-state index in [4.69, 9.17) is 16.3 Å². The van der Waals surface area contributed by atoms with E-state index in [-0.39, 0.29) is 11.1 Å². The fraction of sp³-hybridized carbons (Fsp3) is 0.240. The lowest BCUT2D eigenvalue weighted by atomic mass is 10.1. The normalized spacial score (nSPS) is 13.6. The number of anilines is 3. The third-order valence-corrected chi connectivity index (χ3v) is 6.57. The summed E-state index contributed by atoms with van der Waals surface area (Å²) in [4.78, 5) is 36.7. The molecule has 37 heavy (non-hydrogen) atoms. The number of piperazine rings is 1. The summed E-state index contributed by atoms with van der Waals surface area (Å²) in [6.45, 7) is 1.99. The van der Waals surface area contributed by atoms with Crippen molar-refractivity contribution in [2.45, 2.75) is 0 Å². The van der Waals surface area contributed by atoms with E-state index in [1.165, 1.54) is 15.8 Å². The molecule has 190 valence electrons. The Morgan fingerprint density at radius 3 is 2.59 bits per heavy atom. The second-order valence-electron chi connectivity index (χ2n) is 8.48. The third kappa shape index (κ3) is 4.73. The Morgan fingerprint density at radius 1 is 1.14 bits per heavy atom. The first-order valence-corrected chi connectivity index (χ1v) is 11.9. The van der Waals surface area contributed by atoms with E-state index in [9.17, 15) is 14.7 Å². The van der Waals surface area contributed by atoms with Gasteiger partial charge in [0.05, 0.1) is 23.2 Å². The van der Waals surface area contributed by atoms with Crippen molar-refractivity contribution >= 4 is 46.1 Å². The number of carboxylic acid groups (broad SMARTS) is 1. The van der Waals surface area contributed by atoms with Crippen LogP contribution in [0.25, 0.3) is 22.3 Å². The van der Waals surface area contributed by atoms with Gasteiger partial charge in [-0.1, -0.05) is 29.8 Å². The number of hydrogen-bond donors (Lipinski definition) is 2. The Balaban J connectivity index is 1.41. The molecule has 0 saturated carbocycles. The average Bonchev–Trinajstić information content (AvgIpc) is 2.91. The molecule has 1 amide bonds. The van der Waals surface area contributed by atoms with E-state index in [2.05, 4.69) is 25.3 Å². The van der Waals surface area contributed by atoms with Crippen molar-refractivity contribution in [3.05, 3.63) is 63.9 Å². The van der Waals surface area contributed by atoms with Gasteiger partial charge in [-0.2, -0.15) is 10.1 Å². The molecule has 2 aromatic carbocycles. The smallest absolute Gasteiger partial charge is 0.407 e. The number of nitrogens with one attached hydrogen (secondary N) is 1. The van der Waals surface area contributed by atoms with Crippen molar-refractivity contribution < 1.29 is 14.6 Å². The van der Waals surface area contributed by atoms with Gasteiger partial charge in [0.15, 0.2) is 5.65 Å². The Labute approximate surface area is 216 Å². The molecule has 0 spiro atoms. The fourth-order valence-corrected chi connectivity index (χ4v) is 4.55. The Bertz CT molecular complexity index is 1550. The van der Waals surface area contributed by atoms with Crippen molar-refractivity contribution in [3.8, 4) is 17.0 Å². The van der Waals surface area contributed by atoms with Crippen molar-refractivity contribution in [1.82, 2.24) is 24.6 Å². The van der Waals surface area contributed by atoms with E-state index in [0.717, 1.165) is 5.69 Å². The van der Waals surface area contributed by atoms with Gasteiger partial charge in [0.25, 0.3) is 0 Å². The van der Waals surface area contributed by atoms with E-state index in [1.807, 2.05) is 18.2 Å². The quantitative estimate of drug-likeness (QED) is 0.405. The number of halogens is 1. The van der Waals surface area contributed by atoms with Crippen molar-refractivity contribution in [2.24, 2.45) is 7.05 Å². The van der Waals surface area contributed by atoms with Crippen LogP contribution in [0.1, 0.15) is 0 Å². The van der Waals surface area contributed by atoms with Gasteiger partial charge in [0.1, 0.15) is 11.4 Å². The molecular weight excluding hydrogens is 498 g/mol. The molecule has 2 aromatic heterocycles. The highest BCUT2D eigenvalue weighted by molar-refractivity contribution is 6.33. The summed E-state index contributed by atoms with van der Waals surface area (Å²) in [7, 11) is 3.29. The summed E-state index contributed by atoms with van der Waals surface area (Å²) in [5.41, 5.74) is 2.41. The number of aromatic nitrogens is 4. The number of hydrogen-bond acceptors (Lipinski definition) is 8. The molecule has 1 aliphatic rings. The Kier molecular flexibility index (Phi) is 6.53. The Morgan fingerprint density at radius 2 is 1.89 bits per heavy atom. The van der Waals surface area contributed by atoms with Crippen molar-refractivity contribution in [3.63, 3.8) is 0 Å². The summed E-state index contributed by atoms with van der Waals surface area (Å²) in [6.07, 6.45) is 0.567. The first-order valence-electron chi connectivity index (χ1n) is 11.5. The SMILES string of the molecule is COc1cc(Nc2ncc3c(=O)c(-c4ccccc4Cl)nn(C)c3n2)ccc1N1CCN(C(=O)O)CC1. The average molecular weight is 522 g/mol. The number of amides is 1. The predicted molar refractivity (Wildman–Crippen MR) is 141 cm³/mol. The van der Waals surface area contributed by atoms with Crippen LogP contribution in [0.15, 0.2) is 53.5 Å². The molecule has 0 radical (unpaired) electrons. The fourth-order valence-electron chi connectivity index (χ4n) is 4.32. The molecule has 1 fully saturated rings. The van der Waals surface area contributed by atoms with Crippen LogP contribution in [-0.4, -0.2) is 69.1 Å². The third-order valence-electron chi connectivity index (χ3n) is 6.24. The Hall–Kier alpha value is -4.38. The van der Waals surface area contributed by atoms with Crippen LogP contribution in [-0.2, 0) is 7.05 Å². The van der Waals surface area contributed by atoms with Gasteiger partial charge in [-0.3, -0.25) is 4.79 Å². The lowest BCUT2D eigenvalue weighted by Gasteiger charge is -2.35. The first-order chi connectivity index (χ1) is 17.9. The minimum absolute atomic E-state index is 0.231. The molecule has 5 rings (SSSR count). The van der Waals surface area contributed by atoms with E-state index < -0.39 is 6.09 Å². The minimum Gasteiger partial charge on any atom is -0.495 e. The van der Waals surface area contributed by atoms with Crippen LogP contribution in [0.3, 0.4) is 0 Å². The molecule has 0 unspecified atom stereocenters. The van der Waals surface area contributed by atoms with Gasteiger partial charge in [0.2, 0.25) is 11.4 Å². The van der Waals surface area contributed by atoms with Gasteiger partial charge in [-0.05, 0) is 18.2 Å². The molecule has 11 nitrogen and oxygen atoms in total. The van der Waals surface area contributed by atoms with Crippen LogP contribution in [0.5, 0.6) is 5.75 Å². The number of nitrogens with zero attached hydrogens (tertiary/aromatic N) is 6.